The molecule has 0 unspecified atom stereocenters. The number of benzene rings is 2. The number of halogens is 1. The molecule has 0 saturated carbocycles. The Kier molecular flexibility index (Phi) is 7.76. The van der Waals surface area contributed by atoms with E-state index in [-0.39, 0.29) is 12.5 Å². The van der Waals surface area contributed by atoms with Gasteiger partial charge in [-0.3, -0.25) is 4.79 Å². The van der Waals surface area contributed by atoms with E-state index in [2.05, 4.69) is 5.16 Å². The van der Waals surface area contributed by atoms with Gasteiger partial charge in [-0.05, 0) is 55.2 Å². The van der Waals surface area contributed by atoms with Gasteiger partial charge in [0.05, 0.1) is 13.3 Å². The number of nitrogens with zero attached hydrogens (tertiary/aromatic N) is 2. The molecule has 0 N–H and O–H groups in total. The van der Waals surface area contributed by atoms with Crippen molar-refractivity contribution in [3.63, 3.8) is 0 Å². The Morgan fingerprint density at radius 3 is 2.59 bits per heavy atom. The second-order valence-electron chi connectivity index (χ2n) is 6.77. The zero-order valence-electron chi connectivity index (χ0n) is 16.5. The molecular formula is C22H25ClN2O4. The van der Waals surface area contributed by atoms with Gasteiger partial charge in [-0.2, -0.15) is 0 Å². The van der Waals surface area contributed by atoms with Gasteiger partial charge in [0.2, 0.25) is 0 Å². The Labute approximate surface area is 176 Å². The molecule has 3 rings (SSSR count). The number of hydrogen-bond donors (Lipinski definition) is 0. The van der Waals surface area contributed by atoms with Crippen LogP contribution in [0, 0.1) is 0 Å². The second-order valence-corrected chi connectivity index (χ2v) is 7.21. The predicted octanol–water partition coefficient (Wildman–Crippen LogP) is 4.29. The van der Waals surface area contributed by atoms with Gasteiger partial charge in [0.15, 0.2) is 18.1 Å². The highest BCUT2D eigenvalue weighted by Gasteiger charge is 2.16. The summed E-state index contributed by atoms with van der Waals surface area (Å²) in [7, 11) is 1.58. The molecule has 1 aliphatic rings. The lowest BCUT2D eigenvalue weighted by atomic mass is 10.1. The molecule has 0 spiro atoms. The molecule has 2 aromatic carbocycles. The van der Waals surface area contributed by atoms with E-state index in [9.17, 15) is 4.79 Å². The van der Waals surface area contributed by atoms with Crippen LogP contribution in [0.3, 0.4) is 0 Å². The van der Waals surface area contributed by atoms with Crippen molar-refractivity contribution >= 4 is 23.7 Å². The Morgan fingerprint density at radius 2 is 1.86 bits per heavy atom. The topological polar surface area (TPSA) is 60.4 Å². The molecule has 1 amide bonds. The average Bonchev–Trinajstić information content (AvgIpc) is 2.77. The minimum Gasteiger partial charge on any atom is -0.493 e. The molecule has 154 valence electrons. The highest BCUT2D eigenvalue weighted by atomic mass is 35.5. The molecule has 29 heavy (non-hydrogen) atoms. The molecule has 1 saturated heterocycles. The fourth-order valence-corrected chi connectivity index (χ4v) is 3.18. The first-order valence-corrected chi connectivity index (χ1v) is 10.0. The van der Waals surface area contributed by atoms with Crippen molar-refractivity contribution in [1.82, 2.24) is 4.90 Å². The van der Waals surface area contributed by atoms with Crippen LogP contribution in [0.4, 0.5) is 0 Å². The summed E-state index contributed by atoms with van der Waals surface area (Å²) >= 11 is 5.90. The molecule has 6 nitrogen and oxygen atoms in total. The molecule has 7 heteroatoms. The molecule has 2 aromatic rings. The van der Waals surface area contributed by atoms with Gasteiger partial charge in [0, 0.05) is 23.7 Å². The van der Waals surface area contributed by atoms with Crippen molar-refractivity contribution in [1.29, 1.82) is 0 Å². The number of amides is 1. The van der Waals surface area contributed by atoms with Crippen LogP contribution in [0.5, 0.6) is 11.5 Å². The zero-order valence-corrected chi connectivity index (χ0v) is 17.2. The van der Waals surface area contributed by atoms with E-state index in [1.54, 1.807) is 19.4 Å². The normalized spacial score (nSPS) is 14.1. The van der Waals surface area contributed by atoms with E-state index in [0.29, 0.717) is 23.1 Å². The predicted molar refractivity (Wildman–Crippen MR) is 113 cm³/mol. The van der Waals surface area contributed by atoms with E-state index in [1.807, 2.05) is 41.3 Å². The van der Waals surface area contributed by atoms with Gasteiger partial charge in [-0.25, -0.2) is 0 Å². The standard InChI is InChI=1S/C22H25ClN2O4/c1-27-21-13-18(14-24-29-16-22(26)25-11-3-2-4-12-25)7-10-20(21)28-15-17-5-8-19(23)9-6-17/h5-10,13-14H,2-4,11-12,15-16H2,1H3/b24-14-. The maximum atomic E-state index is 12.0. The fraction of sp³-hybridized carbons (Fsp3) is 0.364. The quantitative estimate of drug-likeness (QED) is 0.475. The first kappa shape index (κ1) is 21.0. The van der Waals surface area contributed by atoms with Crippen molar-refractivity contribution in [2.24, 2.45) is 5.16 Å². The Bertz CT molecular complexity index is 833. The smallest absolute Gasteiger partial charge is 0.263 e. The molecule has 0 aromatic heterocycles. The number of hydrogen-bond acceptors (Lipinski definition) is 5. The zero-order chi connectivity index (χ0) is 20.5. The number of ether oxygens (including phenoxy) is 2. The minimum absolute atomic E-state index is 0.0228. The molecule has 1 fully saturated rings. The van der Waals surface area contributed by atoms with E-state index >= 15 is 0 Å². The first-order chi connectivity index (χ1) is 14.2. The summed E-state index contributed by atoms with van der Waals surface area (Å²) in [5, 5.41) is 4.59. The highest BCUT2D eigenvalue weighted by molar-refractivity contribution is 6.30. The molecule has 0 radical (unpaired) electrons. The van der Waals surface area contributed by atoms with Gasteiger partial charge in [-0.1, -0.05) is 28.9 Å². The summed E-state index contributed by atoms with van der Waals surface area (Å²) in [5.41, 5.74) is 1.79. The van der Waals surface area contributed by atoms with Crippen molar-refractivity contribution in [3.8, 4) is 11.5 Å². The number of rotatable bonds is 8. The third-order valence-electron chi connectivity index (χ3n) is 4.67. The van der Waals surface area contributed by atoms with Gasteiger partial charge in [0.25, 0.3) is 5.91 Å². The van der Waals surface area contributed by atoms with E-state index in [4.69, 9.17) is 25.9 Å². The van der Waals surface area contributed by atoms with Crippen molar-refractivity contribution in [3.05, 3.63) is 58.6 Å². The van der Waals surface area contributed by atoms with Crippen LogP contribution in [0.1, 0.15) is 30.4 Å². The summed E-state index contributed by atoms with van der Waals surface area (Å²) in [5.74, 6) is 1.19. The summed E-state index contributed by atoms with van der Waals surface area (Å²) in [4.78, 5) is 19.0. The molecule has 0 aliphatic carbocycles. The maximum absolute atomic E-state index is 12.0. The van der Waals surface area contributed by atoms with Crippen LogP contribution in [0.2, 0.25) is 5.02 Å². The number of methoxy groups -OCH3 is 1. The number of carbonyl (C=O) groups excluding carboxylic acids is 1. The van der Waals surface area contributed by atoms with Gasteiger partial charge in [-0.15, -0.1) is 0 Å². The number of likely N-dealkylation sites (tertiary alicyclic amines) is 1. The molecule has 0 bridgehead atoms. The SMILES string of the molecule is COc1cc(/C=N\OCC(=O)N2CCCCC2)ccc1OCc1ccc(Cl)cc1. The number of carbonyl (C=O) groups is 1. The van der Waals surface area contributed by atoms with Crippen LogP contribution in [-0.4, -0.2) is 43.8 Å². The van der Waals surface area contributed by atoms with Crippen molar-refractivity contribution in [2.45, 2.75) is 25.9 Å². The van der Waals surface area contributed by atoms with Gasteiger partial charge < -0.3 is 19.2 Å². The van der Waals surface area contributed by atoms with Crippen molar-refractivity contribution < 1.29 is 19.1 Å². The molecule has 0 atom stereocenters. The number of oxime groups is 1. The van der Waals surface area contributed by atoms with Crippen LogP contribution in [-0.2, 0) is 16.2 Å². The van der Waals surface area contributed by atoms with E-state index in [0.717, 1.165) is 37.1 Å². The third-order valence-corrected chi connectivity index (χ3v) is 4.92. The fourth-order valence-electron chi connectivity index (χ4n) is 3.05. The van der Waals surface area contributed by atoms with E-state index in [1.165, 1.54) is 6.42 Å². The van der Waals surface area contributed by atoms with E-state index < -0.39 is 0 Å². The Balaban J connectivity index is 1.51. The lowest BCUT2D eigenvalue weighted by Gasteiger charge is -2.25. The lowest BCUT2D eigenvalue weighted by Crippen LogP contribution is -2.37. The average molecular weight is 417 g/mol. The van der Waals surface area contributed by atoms with Gasteiger partial charge in [0.1, 0.15) is 6.61 Å². The number of piperidine rings is 1. The lowest BCUT2D eigenvalue weighted by molar-refractivity contribution is -0.136. The van der Waals surface area contributed by atoms with Crippen molar-refractivity contribution in [2.75, 3.05) is 26.8 Å². The molecular weight excluding hydrogens is 392 g/mol. The van der Waals surface area contributed by atoms with Crippen LogP contribution in [0.15, 0.2) is 47.6 Å². The van der Waals surface area contributed by atoms with Crippen LogP contribution >= 0.6 is 11.6 Å². The monoisotopic (exact) mass is 416 g/mol. The Hall–Kier alpha value is -2.73. The third kappa shape index (κ3) is 6.39. The molecule has 1 aliphatic heterocycles. The van der Waals surface area contributed by atoms with Crippen LogP contribution < -0.4 is 9.47 Å². The minimum atomic E-state index is -0.0457. The highest BCUT2D eigenvalue weighted by Crippen LogP contribution is 2.28. The van der Waals surface area contributed by atoms with Crippen LogP contribution in [0.25, 0.3) is 0 Å². The second kappa shape index (κ2) is 10.7. The largest absolute Gasteiger partial charge is 0.493 e. The Morgan fingerprint density at radius 1 is 1.10 bits per heavy atom. The van der Waals surface area contributed by atoms with Gasteiger partial charge >= 0.3 is 0 Å². The summed E-state index contributed by atoms with van der Waals surface area (Å²) in [6.07, 6.45) is 4.85. The summed E-state index contributed by atoms with van der Waals surface area (Å²) in [6.45, 7) is 1.97. The summed E-state index contributed by atoms with van der Waals surface area (Å²) < 4.78 is 11.2. The summed E-state index contributed by atoms with van der Waals surface area (Å²) in [6, 6.07) is 12.9. The first-order valence-electron chi connectivity index (χ1n) is 9.64. The molecule has 1 heterocycles. The maximum Gasteiger partial charge on any atom is 0.263 e.